The molecule has 3 N–H and O–H groups in total. The minimum absolute atomic E-state index is 0.0203. The summed E-state index contributed by atoms with van der Waals surface area (Å²) in [6, 6.07) is 7.05. The van der Waals surface area contributed by atoms with Crippen molar-refractivity contribution in [1.82, 2.24) is 0 Å². The molecule has 2 aromatic rings. The van der Waals surface area contributed by atoms with Gasteiger partial charge in [-0.2, -0.15) is 0 Å². The van der Waals surface area contributed by atoms with Crippen molar-refractivity contribution in [2.45, 2.75) is 4.90 Å². The van der Waals surface area contributed by atoms with Crippen LogP contribution in [-0.4, -0.2) is 8.42 Å². The Balaban J connectivity index is 2.46. The van der Waals surface area contributed by atoms with Crippen LogP contribution in [0.15, 0.2) is 48.6 Å². The maximum absolute atomic E-state index is 13.3. The van der Waals surface area contributed by atoms with Crippen LogP contribution >= 0.6 is 47.8 Å². The standard InChI is InChI=1S/C12H8Br3FN2O2S/c13-6-1-2-11(8(15)3-6)18-21(19,20)12-4-7(14)9(16)5-10(12)17/h1-5,18H,17H2. The second-order valence-corrected chi connectivity index (χ2v) is 8.31. The van der Waals surface area contributed by atoms with Crippen LogP contribution in [0.4, 0.5) is 15.8 Å². The summed E-state index contributed by atoms with van der Waals surface area (Å²) in [5.74, 6) is -0.628. The van der Waals surface area contributed by atoms with Gasteiger partial charge in [0.05, 0.1) is 15.8 Å². The van der Waals surface area contributed by atoms with Crippen molar-refractivity contribution < 1.29 is 12.8 Å². The molecule has 21 heavy (non-hydrogen) atoms. The fraction of sp³-hybridized carbons (Fsp3) is 0. The van der Waals surface area contributed by atoms with Crippen molar-refractivity contribution in [3.05, 3.63) is 49.6 Å². The van der Waals surface area contributed by atoms with E-state index in [1.54, 1.807) is 18.2 Å². The van der Waals surface area contributed by atoms with Gasteiger partial charge in [0.15, 0.2) is 0 Å². The smallest absolute Gasteiger partial charge is 0.264 e. The van der Waals surface area contributed by atoms with Gasteiger partial charge in [0.1, 0.15) is 10.7 Å². The van der Waals surface area contributed by atoms with E-state index in [2.05, 4.69) is 52.5 Å². The number of benzene rings is 2. The second-order valence-electron chi connectivity index (χ2n) is 4.03. The lowest BCUT2D eigenvalue weighted by molar-refractivity contribution is 0.599. The molecule has 0 amide bonds. The molecule has 0 heterocycles. The molecule has 9 heteroatoms. The lowest BCUT2D eigenvalue weighted by Crippen LogP contribution is -2.15. The van der Waals surface area contributed by atoms with Crippen LogP contribution in [0, 0.1) is 5.82 Å². The van der Waals surface area contributed by atoms with Crippen molar-refractivity contribution in [2.75, 3.05) is 10.5 Å². The van der Waals surface area contributed by atoms with E-state index in [0.717, 1.165) is 16.6 Å². The van der Waals surface area contributed by atoms with E-state index in [9.17, 15) is 12.8 Å². The minimum Gasteiger partial charge on any atom is -0.398 e. The molecule has 0 saturated carbocycles. The molecular formula is C12H8Br3FN2O2S. The van der Waals surface area contributed by atoms with Crippen molar-refractivity contribution in [3.8, 4) is 0 Å². The van der Waals surface area contributed by atoms with Gasteiger partial charge in [-0.15, -0.1) is 0 Å². The Kier molecular flexibility index (Phi) is 4.96. The summed E-state index contributed by atoms with van der Waals surface area (Å²) in [6.07, 6.45) is 0. The number of sulfonamides is 1. The number of anilines is 2. The third kappa shape index (κ3) is 3.77. The summed E-state index contributed by atoms with van der Waals surface area (Å²) >= 11 is 9.48. The van der Waals surface area contributed by atoms with Crippen LogP contribution in [0.3, 0.4) is 0 Å². The molecule has 0 aliphatic carbocycles. The van der Waals surface area contributed by atoms with Gasteiger partial charge in [-0.05, 0) is 62.2 Å². The topological polar surface area (TPSA) is 72.2 Å². The van der Waals surface area contributed by atoms with Gasteiger partial charge in [-0.1, -0.05) is 15.9 Å². The molecule has 0 aliphatic heterocycles. The quantitative estimate of drug-likeness (QED) is 0.607. The van der Waals surface area contributed by atoms with Crippen LogP contribution in [-0.2, 0) is 10.0 Å². The first-order valence-electron chi connectivity index (χ1n) is 5.43. The van der Waals surface area contributed by atoms with E-state index in [-0.39, 0.29) is 15.1 Å². The van der Waals surface area contributed by atoms with E-state index < -0.39 is 15.8 Å². The second kappa shape index (κ2) is 6.23. The highest BCUT2D eigenvalue weighted by Gasteiger charge is 2.20. The number of rotatable bonds is 3. The first-order valence-corrected chi connectivity index (χ1v) is 9.29. The highest BCUT2D eigenvalue weighted by atomic mass is 79.9. The van der Waals surface area contributed by atoms with Crippen LogP contribution in [0.2, 0.25) is 0 Å². The summed E-state index contributed by atoms with van der Waals surface area (Å²) in [5, 5.41) is 0. The Bertz CT molecular complexity index is 812. The third-order valence-electron chi connectivity index (χ3n) is 2.52. The Hall–Kier alpha value is -0.640. The van der Waals surface area contributed by atoms with E-state index in [4.69, 9.17) is 5.73 Å². The predicted octanol–water partition coefficient (Wildman–Crippen LogP) is 4.50. The molecule has 0 unspecified atom stereocenters. The largest absolute Gasteiger partial charge is 0.398 e. The van der Waals surface area contributed by atoms with Crippen molar-refractivity contribution in [3.63, 3.8) is 0 Å². The lowest BCUT2D eigenvalue weighted by Gasteiger charge is -2.12. The number of nitrogen functional groups attached to an aromatic ring is 1. The molecular weight excluding hydrogens is 495 g/mol. The number of nitrogens with one attached hydrogen (secondary N) is 1. The molecule has 112 valence electrons. The molecule has 4 nitrogen and oxygen atoms in total. The van der Waals surface area contributed by atoms with Gasteiger partial charge in [0.25, 0.3) is 10.0 Å². The minimum atomic E-state index is -3.94. The van der Waals surface area contributed by atoms with Gasteiger partial charge in [0.2, 0.25) is 0 Å². The molecule has 0 atom stereocenters. The van der Waals surface area contributed by atoms with Gasteiger partial charge in [0, 0.05) is 8.95 Å². The van der Waals surface area contributed by atoms with E-state index in [1.807, 2.05) is 0 Å². The zero-order valence-corrected chi connectivity index (χ0v) is 15.8. The van der Waals surface area contributed by atoms with Gasteiger partial charge < -0.3 is 5.73 Å². The Morgan fingerprint density at radius 2 is 1.71 bits per heavy atom. The SMILES string of the molecule is Nc1cc(F)c(Br)cc1S(=O)(=O)Nc1ccc(Br)cc1Br. The van der Waals surface area contributed by atoms with Crippen LogP contribution in [0.1, 0.15) is 0 Å². The predicted molar refractivity (Wildman–Crippen MR) is 91.2 cm³/mol. The van der Waals surface area contributed by atoms with Gasteiger partial charge in [-0.25, -0.2) is 12.8 Å². The Morgan fingerprint density at radius 3 is 2.33 bits per heavy atom. The maximum atomic E-state index is 13.3. The summed E-state index contributed by atoms with van der Waals surface area (Å²) in [6.45, 7) is 0. The number of hydrogen-bond donors (Lipinski definition) is 2. The van der Waals surface area contributed by atoms with E-state index in [1.165, 1.54) is 0 Å². The molecule has 2 rings (SSSR count). The fourth-order valence-electron chi connectivity index (χ4n) is 1.55. The normalized spacial score (nSPS) is 11.4. The molecule has 0 radical (unpaired) electrons. The zero-order valence-electron chi connectivity index (χ0n) is 10.2. The molecule has 0 spiro atoms. The van der Waals surface area contributed by atoms with Gasteiger partial charge >= 0.3 is 0 Å². The average molecular weight is 503 g/mol. The first kappa shape index (κ1) is 16.7. The number of nitrogens with two attached hydrogens (primary N) is 1. The Morgan fingerprint density at radius 1 is 1.05 bits per heavy atom. The van der Waals surface area contributed by atoms with Gasteiger partial charge in [-0.3, -0.25) is 4.72 Å². The van der Waals surface area contributed by atoms with Crippen molar-refractivity contribution >= 4 is 69.2 Å². The monoisotopic (exact) mass is 500 g/mol. The summed E-state index contributed by atoms with van der Waals surface area (Å²) in [4.78, 5) is -0.203. The fourth-order valence-corrected chi connectivity index (χ4v) is 4.54. The first-order chi connectivity index (χ1) is 9.70. The third-order valence-corrected chi connectivity index (χ3v) is 5.70. The Labute approximate surface area is 146 Å². The molecule has 0 fully saturated rings. The molecule has 0 saturated heterocycles. The van der Waals surface area contributed by atoms with Crippen LogP contribution in [0.5, 0.6) is 0 Å². The van der Waals surface area contributed by atoms with E-state index >= 15 is 0 Å². The highest BCUT2D eigenvalue weighted by molar-refractivity contribution is 9.11. The molecule has 0 bridgehead atoms. The van der Waals surface area contributed by atoms with Crippen LogP contribution < -0.4 is 10.5 Å². The summed E-state index contributed by atoms with van der Waals surface area (Å²) < 4.78 is 41.8. The zero-order chi connectivity index (χ0) is 15.8. The molecule has 0 aromatic heterocycles. The summed E-state index contributed by atoms with van der Waals surface area (Å²) in [5.41, 5.74) is 5.77. The van der Waals surface area contributed by atoms with Crippen molar-refractivity contribution in [2.24, 2.45) is 0 Å². The summed E-state index contributed by atoms with van der Waals surface area (Å²) in [7, 11) is -3.94. The maximum Gasteiger partial charge on any atom is 0.264 e. The van der Waals surface area contributed by atoms with Crippen LogP contribution in [0.25, 0.3) is 0 Å². The number of hydrogen-bond acceptors (Lipinski definition) is 3. The van der Waals surface area contributed by atoms with Crippen molar-refractivity contribution in [1.29, 1.82) is 0 Å². The average Bonchev–Trinajstić information content (AvgIpc) is 2.37. The number of halogens is 4. The molecule has 0 aliphatic rings. The lowest BCUT2D eigenvalue weighted by atomic mass is 10.3. The highest BCUT2D eigenvalue weighted by Crippen LogP contribution is 2.31. The molecule has 2 aromatic carbocycles. The van der Waals surface area contributed by atoms with E-state index in [0.29, 0.717) is 10.2 Å².